The molecular weight excluding hydrogens is 595 g/mol. The number of hydrogen-bond donors (Lipinski definition) is 1. The Morgan fingerprint density at radius 3 is 2.00 bits per heavy atom. The van der Waals surface area contributed by atoms with E-state index in [9.17, 15) is 18.0 Å². The Bertz CT molecular complexity index is 1740. The van der Waals surface area contributed by atoms with Crippen molar-refractivity contribution in [2.24, 2.45) is 0 Å². The first-order valence-corrected chi connectivity index (χ1v) is 17.4. The van der Waals surface area contributed by atoms with Crippen LogP contribution in [0.5, 0.6) is 0 Å². The van der Waals surface area contributed by atoms with Gasteiger partial charge in [0, 0.05) is 19.0 Å². The summed E-state index contributed by atoms with van der Waals surface area (Å²) in [5, 5.41) is 3.22. The highest BCUT2D eigenvalue weighted by Gasteiger charge is 2.35. The van der Waals surface area contributed by atoms with Gasteiger partial charge in [-0.1, -0.05) is 97.3 Å². The van der Waals surface area contributed by atoms with Crippen LogP contribution in [-0.4, -0.2) is 43.8 Å². The Morgan fingerprint density at radius 2 is 1.39 bits per heavy atom. The summed E-state index contributed by atoms with van der Waals surface area (Å²) in [4.78, 5) is 30.4. The van der Waals surface area contributed by atoms with Gasteiger partial charge < -0.3 is 10.2 Å². The summed E-state index contributed by atoms with van der Waals surface area (Å²) in [6, 6.07) is 30.4. The van der Waals surface area contributed by atoms with Crippen molar-refractivity contribution in [1.29, 1.82) is 0 Å². The zero-order valence-electron chi connectivity index (χ0n) is 26.9. The normalized spacial score (nSPS) is 14.1. The molecule has 5 rings (SSSR count). The van der Waals surface area contributed by atoms with E-state index >= 15 is 0 Å². The fourth-order valence-electron chi connectivity index (χ4n) is 5.95. The SMILES string of the molecule is Cc1ccc(S(=O)(=O)N(CC(=O)N(Cc2ccccc2)C(Cc2ccccc2)C(=O)NC2CCCC2)c2ccc(C)c(C)c2)cc1. The lowest BCUT2D eigenvalue weighted by molar-refractivity contribution is -0.140. The molecule has 0 radical (unpaired) electrons. The maximum atomic E-state index is 14.6. The molecule has 8 heteroatoms. The van der Waals surface area contributed by atoms with Crippen molar-refractivity contribution in [3.63, 3.8) is 0 Å². The average molecular weight is 638 g/mol. The van der Waals surface area contributed by atoms with Gasteiger partial charge in [-0.3, -0.25) is 13.9 Å². The van der Waals surface area contributed by atoms with Crippen LogP contribution in [0.3, 0.4) is 0 Å². The van der Waals surface area contributed by atoms with Crippen LogP contribution < -0.4 is 9.62 Å². The molecule has 0 saturated heterocycles. The predicted octanol–water partition coefficient (Wildman–Crippen LogP) is 6.51. The highest BCUT2D eigenvalue weighted by atomic mass is 32.2. The fourth-order valence-corrected chi connectivity index (χ4v) is 7.35. The first-order valence-electron chi connectivity index (χ1n) is 16.0. The van der Waals surface area contributed by atoms with Crippen LogP contribution in [0.1, 0.15) is 53.5 Å². The van der Waals surface area contributed by atoms with Gasteiger partial charge in [0.1, 0.15) is 12.6 Å². The van der Waals surface area contributed by atoms with E-state index in [2.05, 4.69) is 5.32 Å². The standard InChI is InChI=1S/C38H43N3O4S/c1-28-18-22-35(23-19-28)46(44,45)41(34-21-20-29(2)30(3)24-34)27-37(42)40(26-32-14-8-5-9-15-32)36(25-31-12-6-4-7-13-31)38(43)39-33-16-10-11-17-33/h4-9,12-15,18-24,33,36H,10-11,16-17,25-27H2,1-3H3,(H,39,43). The third-order valence-corrected chi connectivity index (χ3v) is 10.6. The van der Waals surface area contributed by atoms with Gasteiger partial charge in [-0.25, -0.2) is 8.42 Å². The van der Waals surface area contributed by atoms with E-state index in [0.717, 1.165) is 53.5 Å². The lowest BCUT2D eigenvalue weighted by Gasteiger charge is -2.34. The number of rotatable bonds is 12. The molecule has 0 aliphatic heterocycles. The zero-order valence-corrected chi connectivity index (χ0v) is 27.7. The summed E-state index contributed by atoms with van der Waals surface area (Å²) in [6.45, 7) is 5.46. The molecule has 1 unspecified atom stereocenters. The number of nitrogens with zero attached hydrogens (tertiary/aromatic N) is 2. The van der Waals surface area contributed by atoms with E-state index in [1.165, 1.54) is 4.31 Å². The largest absolute Gasteiger partial charge is 0.352 e. The highest BCUT2D eigenvalue weighted by molar-refractivity contribution is 7.92. The monoisotopic (exact) mass is 637 g/mol. The van der Waals surface area contributed by atoms with Crippen LogP contribution in [0.25, 0.3) is 0 Å². The molecule has 4 aromatic rings. The van der Waals surface area contributed by atoms with Crippen molar-refractivity contribution in [3.05, 3.63) is 131 Å². The molecular formula is C38H43N3O4S. The molecule has 0 heterocycles. The topological polar surface area (TPSA) is 86.8 Å². The summed E-state index contributed by atoms with van der Waals surface area (Å²) >= 11 is 0. The molecule has 0 spiro atoms. The van der Waals surface area contributed by atoms with E-state index < -0.39 is 28.5 Å². The second-order valence-electron chi connectivity index (χ2n) is 12.3. The van der Waals surface area contributed by atoms with Gasteiger partial charge in [0.2, 0.25) is 11.8 Å². The van der Waals surface area contributed by atoms with Crippen LogP contribution >= 0.6 is 0 Å². The quantitative estimate of drug-likeness (QED) is 0.192. The zero-order chi connectivity index (χ0) is 32.7. The second kappa shape index (κ2) is 14.8. The minimum absolute atomic E-state index is 0.0633. The molecule has 4 aromatic carbocycles. The van der Waals surface area contributed by atoms with Crippen LogP contribution in [0.15, 0.2) is 108 Å². The summed E-state index contributed by atoms with van der Waals surface area (Å²) < 4.78 is 29.7. The van der Waals surface area contributed by atoms with E-state index in [-0.39, 0.29) is 23.4 Å². The van der Waals surface area contributed by atoms with E-state index in [1.807, 2.05) is 87.5 Å². The van der Waals surface area contributed by atoms with Gasteiger partial charge in [-0.2, -0.15) is 0 Å². The van der Waals surface area contributed by atoms with Crippen LogP contribution in [0.2, 0.25) is 0 Å². The number of sulfonamides is 1. The number of aryl methyl sites for hydroxylation is 3. The molecule has 2 amide bonds. The Labute approximate surface area is 273 Å². The maximum absolute atomic E-state index is 14.6. The van der Waals surface area contributed by atoms with Crippen molar-refractivity contribution >= 4 is 27.5 Å². The summed E-state index contributed by atoms with van der Waals surface area (Å²) in [5.41, 5.74) is 5.01. The molecule has 1 saturated carbocycles. The van der Waals surface area contributed by atoms with Crippen molar-refractivity contribution in [2.75, 3.05) is 10.8 Å². The van der Waals surface area contributed by atoms with Crippen molar-refractivity contribution in [1.82, 2.24) is 10.2 Å². The smallest absolute Gasteiger partial charge is 0.264 e. The Hall–Kier alpha value is -4.43. The molecule has 7 nitrogen and oxygen atoms in total. The van der Waals surface area contributed by atoms with Crippen LogP contribution in [0, 0.1) is 20.8 Å². The van der Waals surface area contributed by atoms with Gasteiger partial charge in [0.15, 0.2) is 0 Å². The first kappa shape index (κ1) is 32.9. The van der Waals surface area contributed by atoms with Crippen molar-refractivity contribution in [2.45, 2.75) is 76.4 Å². The number of amides is 2. The molecule has 1 aliphatic rings. The van der Waals surface area contributed by atoms with Crippen LogP contribution in [0.4, 0.5) is 5.69 Å². The third-order valence-electron chi connectivity index (χ3n) is 8.83. The Kier molecular flexibility index (Phi) is 10.6. The number of hydrogen-bond acceptors (Lipinski definition) is 4. The lowest BCUT2D eigenvalue weighted by Crippen LogP contribution is -2.54. The van der Waals surface area contributed by atoms with Gasteiger partial charge in [0.05, 0.1) is 10.6 Å². The van der Waals surface area contributed by atoms with Gasteiger partial charge >= 0.3 is 0 Å². The molecule has 0 bridgehead atoms. The maximum Gasteiger partial charge on any atom is 0.264 e. The number of carbonyl (C=O) groups is 2. The Balaban J connectivity index is 1.56. The summed E-state index contributed by atoms with van der Waals surface area (Å²) in [5.74, 6) is -0.681. The minimum atomic E-state index is -4.14. The third kappa shape index (κ3) is 8.04. The highest BCUT2D eigenvalue weighted by Crippen LogP contribution is 2.27. The number of carbonyl (C=O) groups excluding carboxylic acids is 2. The minimum Gasteiger partial charge on any atom is -0.352 e. The van der Waals surface area contributed by atoms with Crippen molar-refractivity contribution in [3.8, 4) is 0 Å². The summed E-state index contributed by atoms with van der Waals surface area (Å²) in [7, 11) is -4.14. The molecule has 1 atom stereocenters. The molecule has 1 N–H and O–H groups in total. The average Bonchev–Trinajstić information content (AvgIpc) is 3.57. The van der Waals surface area contributed by atoms with Gasteiger partial charge in [-0.05, 0) is 80.1 Å². The number of anilines is 1. The second-order valence-corrected chi connectivity index (χ2v) is 14.2. The van der Waals surface area contributed by atoms with E-state index in [1.54, 1.807) is 41.3 Å². The Morgan fingerprint density at radius 1 is 0.783 bits per heavy atom. The molecule has 1 aliphatic carbocycles. The molecule has 0 aromatic heterocycles. The first-order chi connectivity index (χ1) is 22.1. The molecule has 240 valence electrons. The van der Waals surface area contributed by atoms with Gasteiger partial charge in [0.25, 0.3) is 10.0 Å². The molecule has 46 heavy (non-hydrogen) atoms. The predicted molar refractivity (Wildman–Crippen MR) is 183 cm³/mol. The summed E-state index contributed by atoms with van der Waals surface area (Å²) in [6.07, 6.45) is 4.23. The fraction of sp³-hybridized carbons (Fsp3) is 0.316. The van der Waals surface area contributed by atoms with E-state index in [4.69, 9.17) is 0 Å². The number of benzene rings is 4. The molecule has 1 fully saturated rings. The number of nitrogens with one attached hydrogen (secondary N) is 1. The van der Waals surface area contributed by atoms with E-state index in [0.29, 0.717) is 12.1 Å². The van der Waals surface area contributed by atoms with Crippen molar-refractivity contribution < 1.29 is 18.0 Å². The van der Waals surface area contributed by atoms with Crippen LogP contribution in [-0.2, 0) is 32.6 Å². The lowest BCUT2D eigenvalue weighted by atomic mass is 10.0. The van der Waals surface area contributed by atoms with Gasteiger partial charge in [-0.15, -0.1) is 0 Å².